The first-order valence-corrected chi connectivity index (χ1v) is 16.4. The van der Waals surface area contributed by atoms with Crippen LogP contribution in [-0.4, -0.2) is 34.6 Å². The van der Waals surface area contributed by atoms with Crippen molar-refractivity contribution in [1.82, 2.24) is 0 Å². The highest BCUT2D eigenvalue weighted by molar-refractivity contribution is 8.50. The van der Waals surface area contributed by atoms with E-state index in [0.29, 0.717) is 0 Å². The van der Waals surface area contributed by atoms with Crippen LogP contribution in [0, 0.1) is 0 Å². The molecule has 0 bridgehead atoms. The van der Waals surface area contributed by atoms with Crippen molar-refractivity contribution < 1.29 is 18.9 Å². The Morgan fingerprint density at radius 2 is 0.865 bits per heavy atom. The number of ether oxygens (including phenoxy) is 4. The van der Waals surface area contributed by atoms with Crippen molar-refractivity contribution in [3.05, 3.63) is 97.1 Å². The van der Waals surface area contributed by atoms with Gasteiger partial charge in [-0.1, -0.05) is 55.5 Å². The van der Waals surface area contributed by atoms with E-state index in [0.717, 1.165) is 35.6 Å². The van der Waals surface area contributed by atoms with E-state index in [1.54, 1.807) is 28.4 Å². The predicted octanol–water partition coefficient (Wildman–Crippen LogP) is 6.15. The number of methoxy groups -OCH3 is 4. The molecule has 4 aromatic rings. The average Bonchev–Trinajstić information content (AvgIpc) is 2.97. The molecule has 4 aromatic carbocycles. The van der Waals surface area contributed by atoms with Crippen LogP contribution >= 0.6 is 14.6 Å². The standard InChI is InChI=1S/C31H35O4P2/c1-6-23-37(30-21-13-9-17-26(30)34-4,31-22-14-10-18-27(31)35-5)36(28-19-11-7-15-24(28)32-2)29-20-12-8-16-25(29)33-3/h7-22H,6,23H2,1-5H3/q+1. The summed E-state index contributed by atoms with van der Waals surface area (Å²) in [6.45, 7) is -0.0271. The van der Waals surface area contributed by atoms with Gasteiger partial charge in [-0.2, -0.15) is 0 Å². The van der Waals surface area contributed by atoms with E-state index in [2.05, 4.69) is 79.7 Å². The van der Waals surface area contributed by atoms with Crippen LogP contribution in [0.2, 0.25) is 0 Å². The van der Waals surface area contributed by atoms with E-state index in [-0.39, 0.29) is 0 Å². The molecule has 4 rings (SSSR count). The Bertz CT molecular complexity index is 1230. The molecule has 0 aliphatic rings. The van der Waals surface area contributed by atoms with E-state index in [9.17, 15) is 0 Å². The molecule has 0 saturated carbocycles. The van der Waals surface area contributed by atoms with Crippen LogP contribution in [0.15, 0.2) is 97.1 Å². The van der Waals surface area contributed by atoms with Crippen LogP contribution < -0.4 is 40.2 Å². The van der Waals surface area contributed by atoms with Crippen molar-refractivity contribution in [3.63, 3.8) is 0 Å². The van der Waals surface area contributed by atoms with Gasteiger partial charge in [-0.3, -0.25) is 0 Å². The van der Waals surface area contributed by atoms with Gasteiger partial charge in [-0.25, -0.2) is 0 Å². The maximum atomic E-state index is 6.06. The number of rotatable bonds is 11. The molecule has 0 radical (unpaired) electrons. The second-order valence-electron chi connectivity index (χ2n) is 8.49. The average molecular weight is 534 g/mol. The van der Waals surface area contributed by atoms with Crippen LogP contribution in [0.3, 0.4) is 0 Å². The third-order valence-corrected chi connectivity index (χ3v) is 17.5. The quantitative estimate of drug-likeness (QED) is 0.217. The summed E-state index contributed by atoms with van der Waals surface area (Å²) in [5, 5.41) is 4.82. The Balaban J connectivity index is 2.25. The smallest absolute Gasteiger partial charge is 0.161 e. The van der Waals surface area contributed by atoms with Crippen molar-refractivity contribution in [1.29, 1.82) is 0 Å². The highest BCUT2D eigenvalue weighted by atomic mass is 32.1. The minimum atomic E-state index is -2.29. The van der Waals surface area contributed by atoms with Gasteiger partial charge in [0.25, 0.3) is 0 Å². The Labute approximate surface area is 222 Å². The molecule has 37 heavy (non-hydrogen) atoms. The lowest BCUT2D eigenvalue weighted by molar-refractivity contribution is 0.417. The van der Waals surface area contributed by atoms with Gasteiger partial charge in [-0.15, -0.1) is 0 Å². The summed E-state index contributed by atoms with van der Waals surface area (Å²) in [7, 11) is 5.97. The number of hydrogen-bond donors (Lipinski definition) is 0. The summed E-state index contributed by atoms with van der Waals surface area (Å²) in [6.07, 6.45) is 1.96. The molecule has 0 amide bonds. The van der Waals surface area contributed by atoms with Gasteiger partial charge in [0.1, 0.15) is 36.7 Å². The molecule has 0 saturated heterocycles. The van der Waals surface area contributed by atoms with Crippen LogP contribution in [0.25, 0.3) is 0 Å². The van der Waals surface area contributed by atoms with E-state index < -0.39 is 14.6 Å². The fourth-order valence-electron chi connectivity index (χ4n) is 4.99. The molecule has 0 aliphatic heterocycles. The highest BCUT2D eigenvalue weighted by Gasteiger charge is 2.56. The lowest BCUT2D eigenvalue weighted by Gasteiger charge is -2.36. The first kappa shape index (κ1) is 27.0. The summed E-state index contributed by atoms with van der Waals surface area (Å²) >= 11 is 0. The van der Waals surface area contributed by atoms with E-state index in [1.165, 1.54) is 21.2 Å². The summed E-state index contributed by atoms with van der Waals surface area (Å²) in [5.41, 5.74) is 0. The van der Waals surface area contributed by atoms with Gasteiger partial charge in [0.2, 0.25) is 0 Å². The van der Waals surface area contributed by atoms with Crippen LogP contribution in [0.5, 0.6) is 23.0 Å². The molecular weight excluding hydrogens is 498 g/mol. The van der Waals surface area contributed by atoms with Crippen molar-refractivity contribution in [2.45, 2.75) is 13.3 Å². The Morgan fingerprint density at radius 1 is 0.514 bits per heavy atom. The minimum absolute atomic E-state index is 0.879. The number of benzene rings is 4. The van der Waals surface area contributed by atoms with Gasteiger partial charge in [0.05, 0.1) is 45.2 Å². The van der Waals surface area contributed by atoms with Crippen LogP contribution in [-0.2, 0) is 0 Å². The summed E-state index contributed by atoms with van der Waals surface area (Å²) in [6, 6.07) is 33.8. The first-order chi connectivity index (χ1) is 18.2. The lowest BCUT2D eigenvalue weighted by Crippen LogP contribution is -2.32. The van der Waals surface area contributed by atoms with E-state index >= 15 is 0 Å². The molecule has 0 aliphatic carbocycles. The highest BCUT2D eigenvalue weighted by Crippen LogP contribution is 2.83. The van der Waals surface area contributed by atoms with Crippen molar-refractivity contribution in [3.8, 4) is 23.0 Å². The Kier molecular flexibility index (Phi) is 9.09. The third kappa shape index (κ3) is 5.06. The maximum absolute atomic E-state index is 6.06. The zero-order valence-corrected chi connectivity index (χ0v) is 24.0. The molecule has 0 aromatic heterocycles. The number of hydrogen-bond acceptors (Lipinski definition) is 4. The summed E-state index contributed by atoms with van der Waals surface area (Å²) in [4.78, 5) is 0. The van der Waals surface area contributed by atoms with E-state index in [4.69, 9.17) is 18.9 Å². The molecule has 0 heterocycles. The zero-order valence-electron chi connectivity index (χ0n) is 22.2. The second-order valence-corrected chi connectivity index (χ2v) is 16.3. The lowest BCUT2D eigenvalue weighted by atomic mass is 10.3. The van der Waals surface area contributed by atoms with Gasteiger partial charge in [-0.05, 0) is 55.0 Å². The molecule has 0 unspecified atom stereocenters. The second kappa shape index (κ2) is 12.5. The molecule has 0 spiro atoms. The first-order valence-electron chi connectivity index (χ1n) is 12.4. The largest absolute Gasteiger partial charge is 0.496 e. The minimum Gasteiger partial charge on any atom is -0.496 e. The Hall–Kier alpha value is -3.06. The molecule has 192 valence electrons. The van der Waals surface area contributed by atoms with Gasteiger partial charge < -0.3 is 18.9 Å². The van der Waals surface area contributed by atoms with Gasteiger partial charge in [0.15, 0.2) is 11.5 Å². The third-order valence-electron chi connectivity index (χ3n) is 6.48. The predicted molar refractivity (Wildman–Crippen MR) is 160 cm³/mol. The molecule has 0 fully saturated rings. The molecule has 4 nitrogen and oxygen atoms in total. The number of para-hydroxylation sites is 4. The SMILES string of the molecule is CCC[P+](c1ccccc1OC)(c1ccccc1OC)P(c1ccccc1OC)c1ccccc1OC. The molecule has 6 heteroatoms. The Morgan fingerprint density at radius 3 is 1.24 bits per heavy atom. The monoisotopic (exact) mass is 533 g/mol. The van der Waals surface area contributed by atoms with Gasteiger partial charge in [0, 0.05) is 0 Å². The normalized spacial score (nSPS) is 11.3. The van der Waals surface area contributed by atoms with Crippen molar-refractivity contribution in [2.75, 3.05) is 34.6 Å². The fraction of sp³-hybridized carbons (Fsp3) is 0.226. The van der Waals surface area contributed by atoms with Crippen LogP contribution in [0.4, 0.5) is 0 Å². The van der Waals surface area contributed by atoms with Crippen molar-refractivity contribution >= 4 is 35.8 Å². The molecule has 0 atom stereocenters. The van der Waals surface area contributed by atoms with E-state index in [1.807, 2.05) is 24.3 Å². The van der Waals surface area contributed by atoms with Gasteiger partial charge >= 0.3 is 0 Å². The molecular formula is C31H35O4P2+. The fourth-order valence-corrected chi connectivity index (χ4v) is 17.6. The topological polar surface area (TPSA) is 36.9 Å². The zero-order chi connectivity index (χ0) is 26.3. The summed E-state index contributed by atoms with van der Waals surface area (Å²) < 4.78 is 24.1. The molecule has 0 N–H and O–H groups in total. The summed E-state index contributed by atoms with van der Waals surface area (Å²) in [5.74, 6) is 3.55. The maximum Gasteiger partial charge on any atom is 0.161 e. The van der Waals surface area contributed by atoms with Crippen molar-refractivity contribution in [2.24, 2.45) is 0 Å². The van der Waals surface area contributed by atoms with Crippen LogP contribution in [0.1, 0.15) is 13.3 Å².